The van der Waals surface area contributed by atoms with Crippen LogP contribution in [-0.2, 0) is 0 Å². The molecule has 1 rings (SSSR count). The van der Waals surface area contributed by atoms with Crippen LogP contribution in [0.4, 0.5) is 5.69 Å². The molecule has 0 radical (unpaired) electrons. The zero-order chi connectivity index (χ0) is 13.9. The minimum absolute atomic E-state index is 0.112. The topological polar surface area (TPSA) is 61.8 Å². The van der Waals surface area contributed by atoms with Crippen molar-refractivity contribution in [1.29, 1.82) is 0 Å². The van der Waals surface area contributed by atoms with Crippen molar-refractivity contribution in [2.75, 3.05) is 18.5 Å². The second-order valence-electron chi connectivity index (χ2n) is 5.57. The summed E-state index contributed by atoms with van der Waals surface area (Å²) >= 11 is 3.52. The molecule has 0 aliphatic heterocycles. The predicted octanol–water partition coefficient (Wildman–Crippen LogP) is 3.03. The van der Waals surface area contributed by atoms with Gasteiger partial charge in [0.05, 0.1) is 5.69 Å². The van der Waals surface area contributed by atoms with E-state index in [1.807, 2.05) is 18.2 Å². The van der Waals surface area contributed by atoms with Crippen LogP contribution in [0.1, 0.15) is 26.3 Å². The SMILES string of the molecule is CN(CC(C)(C)C)c1ccc(/C(N)=N/O)cc1Br. The Labute approximate surface area is 117 Å². The zero-order valence-electron chi connectivity index (χ0n) is 11.2. The summed E-state index contributed by atoms with van der Waals surface area (Å²) in [7, 11) is 2.05. The molecule has 0 unspecified atom stereocenters. The molecule has 0 aliphatic carbocycles. The molecule has 4 nitrogen and oxygen atoms in total. The molecule has 0 fully saturated rings. The Balaban J connectivity index is 2.99. The summed E-state index contributed by atoms with van der Waals surface area (Å²) in [5.74, 6) is 0.112. The molecule has 18 heavy (non-hydrogen) atoms. The van der Waals surface area contributed by atoms with Crippen molar-refractivity contribution < 1.29 is 5.21 Å². The lowest BCUT2D eigenvalue weighted by molar-refractivity contribution is 0.318. The van der Waals surface area contributed by atoms with E-state index in [0.29, 0.717) is 5.56 Å². The Bertz CT molecular complexity index is 452. The second kappa shape index (κ2) is 5.61. The van der Waals surface area contributed by atoms with Crippen LogP contribution >= 0.6 is 15.9 Å². The van der Waals surface area contributed by atoms with Gasteiger partial charge in [-0.1, -0.05) is 25.9 Å². The van der Waals surface area contributed by atoms with Crippen molar-refractivity contribution in [2.45, 2.75) is 20.8 Å². The van der Waals surface area contributed by atoms with Gasteiger partial charge in [0.2, 0.25) is 0 Å². The summed E-state index contributed by atoms with van der Waals surface area (Å²) in [6, 6.07) is 5.65. The summed E-state index contributed by atoms with van der Waals surface area (Å²) in [6.45, 7) is 7.53. The number of benzene rings is 1. The third-order valence-electron chi connectivity index (χ3n) is 2.47. The van der Waals surface area contributed by atoms with Crippen LogP contribution in [0.15, 0.2) is 27.8 Å². The molecular formula is C13H20BrN3O. The number of nitrogens with two attached hydrogens (primary N) is 1. The van der Waals surface area contributed by atoms with Crippen LogP contribution in [0.2, 0.25) is 0 Å². The maximum atomic E-state index is 8.65. The van der Waals surface area contributed by atoms with Gasteiger partial charge in [-0.05, 0) is 39.5 Å². The van der Waals surface area contributed by atoms with Gasteiger partial charge in [0.1, 0.15) is 0 Å². The third-order valence-corrected chi connectivity index (χ3v) is 3.11. The smallest absolute Gasteiger partial charge is 0.170 e. The van der Waals surface area contributed by atoms with Crippen molar-refractivity contribution in [2.24, 2.45) is 16.3 Å². The molecule has 5 heteroatoms. The van der Waals surface area contributed by atoms with Crippen LogP contribution in [0.5, 0.6) is 0 Å². The molecule has 0 amide bonds. The minimum Gasteiger partial charge on any atom is -0.409 e. The van der Waals surface area contributed by atoms with Gasteiger partial charge in [0.25, 0.3) is 0 Å². The number of halogens is 1. The number of hydrogen-bond acceptors (Lipinski definition) is 3. The molecule has 3 N–H and O–H groups in total. The van der Waals surface area contributed by atoms with E-state index < -0.39 is 0 Å². The standard InChI is InChI=1S/C13H20BrN3O/c1-13(2,3)8-17(4)11-6-5-9(7-10(11)14)12(15)16-18/h5-7,18H,8H2,1-4H3,(H2,15,16). The summed E-state index contributed by atoms with van der Waals surface area (Å²) in [6.07, 6.45) is 0. The largest absolute Gasteiger partial charge is 0.409 e. The van der Waals surface area contributed by atoms with Gasteiger partial charge in [0.15, 0.2) is 5.84 Å². The highest BCUT2D eigenvalue weighted by atomic mass is 79.9. The van der Waals surface area contributed by atoms with Crippen LogP contribution in [0.25, 0.3) is 0 Å². The number of amidine groups is 1. The monoisotopic (exact) mass is 313 g/mol. The highest BCUT2D eigenvalue weighted by Crippen LogP contribution is 2.28. The van der Waals surface area contributed by atoms with E-state index in [9.17, 15) is 0 Å². The molecule has 0 spiro atoms. The summed E-state index contributed by atoms with van der Waals surface area (Å²) in [5, 5.41) is 11.6. The maximum Gasteiger partial charge on any atom is 0.170 e. The Morgan fingerprint density at radius 3 is 2.50 bits per heavy atom. The maximum absolute atomic E-state index is 8.65. The molecule has 100 valence electrons. The fourth-order valence-corrected chi connectivity index (χ4v) is 2.51. The van der Waals surface area contributed by atoms with Crippen LogP contribution in [0.3, 0.4) is 0 Å². The van der Waals surface area contributed by atoms with Gasteiger partial charge in [0, 0.05) is 23.6 Å². The Kier molecular flexibility index (Phi) is 4.62. The number of nitrogens with zero attached hydrogens (tertiary/aromatic N) is 2. The van der Waals surface area contributed by atoms with Gasteiger partial charge in [-0.15, -0.1) is 0 Å². The van der Waals surface area contributed by atoms with E-state index in [0.717, 1.165) is 16.7 Å². The molecule has 0 aliphatic rings. The van der Waals surface area contributed by atoms with E-state index >= 15 is 0 Å². The Morgan fingerprint density at radius 1 is 1.44 bits per heavy atom. The van der Waals surface area contributed by atoms with Crippen molar-refractivity contribution in [3.8, 4) is 0 Å². The van der Waals surface area contributed by atoms with E-state index in [1.165, 1.54) is 0 Å². The average Bonchev–Trinajstić information content (AvgIpc) is 2.25. The first kappa shape index (κ1) is 14.8. The van der Waals surface area contributed by atoms with Crippen LogP contribution < -0.4 is 10.6 Å². The third kappa shape index (κ3) is 3.91. The number of rotatable bonds is 3. The molecule has 0 aromatic heterocycles. The second-order valence-corrected chi connectivity index (χ2v) is 6.42. The lowest BCUT2D eigenvalue weighted by atomic mass is 9.96. The summed E-state index contributed by atoms with van der Waals surface area (Å²) in [4.78, 5) is 2.18. The highest BCUT2D eigenvalue weighted by molar-refractivity contribution is 9.10. The lowest BCUT2D eigenvalue weighted by Gasteiger charge is -2.29. The highest BCUT2D eigenvalue weighted by Gasteiger charge is 2.16. The summed E-state index contributed by atoms with van der Waals surface area (Å²) < 4.78 is 0.929. The van der Waals surface area contributed by atoms with Crippen molar-refractivity contribution in [3.63, 3.8) is 0 Å². The fraction of sp³-hybridized carbons (Fsp3) is 0.462. The number of anilines is 1. The first-order valence-corrected chi connectivity index (χ1v) is 6.52. The Hall–Kier alpha value is -1.23. The van der Waals surface area contributed by atoms with Gasteiger partial charge < -0.3 is 15.8 Å². The molecule has 0 atom stereocenters. The number of oxime groups is 1. The first-order valence-electron chi connectivity index (χ1n) is 5.73. The molecule has 1 aromatic rings. The van der Waals surface area contributed by atoms with Gasteiger partial charge in [-0.2, -0.15) is 0 Å². The van der Waals surface area contributed by atoms with Crippen molar-refractivity contribution in [3.05, 3.63) is 28.2 Å². The van der Waals surface area contributed by atoms with Gasteiger partial charge in [-0.3, -0.25) is 0 Å². The van der Waals surface area contributed by atoms with Crippen molar-refractivity contribution in [1.82, 2.24) is 0 Å². The molecule has 0 bridgehead atoms. The molecule has 0 saturated carbocycles. The lowest BCUT2D eigenvalue weighted by Crippen LogP contribution is -2.29. The van der Waals surface area contributed by atoms with E-state index in [4.69, 9.17) is 10.9 Å². The quantitative estimate of drug-likeness (QED) is 0.390. The van der Waals surface area contributed by atoms with E-state index in [-0.39, 0.29) is 11.3 Å². The van der Waals surface area contributed by atoms with Gasteiger partial charge in [-0.25, -0.2) is 0 Å². The summed E-state index contributed by atoms with van der Waals surface area (Å²) in [5.41, 5.74) is 7.55. The average molecular weight is 314 g/mol. The normalized spacial score (nSPS) is 12.6. The molecular weight excluding hydrogens is 294 g/mol. The van der Waals surface area contributed by atoms with Crippen LogP contribution in [-0.4, -0.2) is 24.6 Å². The van der Waals surface area contributed by atoms with E-state index in [1.54, 1.807) is 0 Å². The molecule has 0 heterocycles. The fourth-order valence-electron chi connectivity index (χ4n) is 1.83. The molecule has 0 saturated heterocycles. The van der Waals surface area contributed by atoms with Crippen molar-refractivity contribution >= 4 is 27.5 Å². The number of hydrogen-bond donors (Lipinski definition) is 2. The molecule has 1 aromatic carbocycles. The van der Waals surface area contributed by atoms with Gasteiger partial charge >= 0.3 is 0 Å². The Morgan fingerprint density at radius 2 is 2.06 bits per heavy atom. The minimum atomic E-state index is 0.112. The zero-order valence-corrected chi connectivity index (χ0v) is 12.8. The first-order chi connectivity index (χ1) is 8.24. The predicted molar refractivity (Wildman–Crippen MR) is 79.4 cm³/mol. The van der Waals surface area contributed by atoms with E-state index in [2.05, 4.69) is 53.8 Å². The van der Waals surface area contributed by atoms with Crippen LogP contribution in [0, 0.1) is 5.41 Å².